The van der Waals surface area contributed by atoms with Crippen LogP contribution in [-0.2, 0) is 4.79 Å². The zero-order chi connectivity index (χ0) is 15.8. The molecule has 5 heteroatoms. The Hall–Kier alpha value is -1.26. The third-order valence-corrected chi connectivity index (χ3v) is 3.91. The summed E-state index contributed by atoms with van der Waals surface area (Å²) in [5, 5.41) is 12.0. The van der Waals surface area contributed by atoms with Gasteiger partial charge in [0, 0.05) is 13.1 Å². The summed E-state index contributed by atoms with van der Waals surface area (Å²) in [5.41, 5.74) is -1.19. The molecule has 118 valence electrons. The summed E-state index contributed by atoms with van der Waals surface area (Å²) in [5.74, 6) is -0.519. The van der Waals surface area contributed by atoms with Crippen molar-refractivity contribution in [3.05, 3.63) is 0 Å². The molecule has 0 radical (unpaired) electrons. The van der Waals surface area contributed by atoms with Crippen LogP contribution in [0.25, 0.3) is 0 Å². The van der Waals surface area contributed by atoms with Gasteiger partial charge in [-0.1, -0.05) is 40.0 Å². The summed E-state index contributed by atoms with van der Waals surface area (Å²) in [6.07, 6.45) is 3.18. The fraction of sp³-hybridized carbons (Fsp3) is 0.867. The number of nitrogens with one attached hydrogen (secondary N) is 1. The fourth-order valence-electron chi connectivity index (χ4n) is 2.25. The Morgan fingerprint density at radius 1 is 1.20 bits per heavy atom. The van der Waals surface area contributed by atoms with E-state index in [4.69, 9.17) is 0 Å². The maximum absolute atomic E-state index is 12.3. The quantitative estimate of drug-likeness (QED) is 0.684. The number of carboxylic acids is 1. The van der Waals surface area contributed by atoms with E-state index in [1.54, 1.807) is 11.8 Å². The number of hydrogen-bond donors (Lipinski definition) is 2. The number of urea groups is 1. The van der Waals surface area contributed by atoms with Gasteiger partial charge in [0.05, 0.1) is 0 Å². The van der Waals surface area contributed by atoms with Crippen LogP contribution < -0.4 is 5.32 Å². The first kappa shape index (κ1) is 18.7. The number of carbonyl (C=O) groups excluding carboxylic acids is 1. The predicted octanol–water partition coefficient (Wildman–Crippen LogP) is 3.10. The Morgan fingerprint density at radius 3 is 2.10 bits per heavy atom. The molecular weight excluding hydrogens is 256 g/mol. The first-order valence-electron chi connectivity index (χ1n) is 7.64. The smallest absolute Gasteiger partial charge is 0.329 e. The van der Waals surface area contributed by atoms with Crippen molar-refractivity contribution in [1.29, 1.82) is 0 Å². The molecule has 5 nitrogen and oxygen atoms in total. The van der Waals surface area contributed by atoms with Gasteiger partial charge in [-0.3, -0.25) is 0 Å². The number of carboxylic acid groups (broad SMARTS) is 1. The Bertz CT molecular complexity index is 316. The lowest BCUT2D eigenvalue weighted by molar-refractivity contribution is -0.144. The topological polar surface area (TPSA) is 69.6 Å². The second-order valence-electron chi connectivity index (χ2n) is 5.54. The number of aliphatic carboxylic acids is 1. The number of rotatable bonds is 9. The van der Waals surface area contributed by atoms with Crippen LogP contribution in [0, 0.1) is 5.92 Å². The number of amides is 2. The van der Waals surface area contributed by atoms with Crippen molar-refractivity contribution in [2.45, 2.75) is 65.8 Å². The molecule has 20 heavy (non-hydrogen) atoms. The van der Waals surface area contributed by atoms with Gasteiger partial charge < -0.3 is 15.3 Å². The zero-order valence-electron chi connectivity index (χ0n) is 13.5. The van der Waals surface area contributed by atoms with E-state index in [1.165, 1.54) is 0 Å². The molecule has 0 aliphatic heterocycles. The highest BCUT2D eigenvalue weighted by Gasteiger charge is 2.35. The largest absolute Gasteiger partial charge is 0.480 e. The van der Waals surface area contributed by atoms with E-state index >= 15 is 0 Å². The van der Waals surface area contributed by atoms with Crippen molar-refractivity contribution >= 4 is 12.0 Å². The highest BCUT2D eigenvalue weighted by Crippen LogP contribution is 2.15. The molecule has 1 unspecified atom stereocenters. The molecule has 2 amide bonds. The first-order chi connectivity index (χ1) is 9.34. The van der Waals surface area contributed by atoms with Crippen molar-refractivity contribution < 1.29 is 14.7 Å². The first-order valence-corrected chi connectivity index (χ1v) is 7.64. The molecule has 0 bridgehead atoms. The van der Waals surface area contributed by atoms with Gasteiger partial charge in [-0.15, -0.1) is 0 Å². The van der Waals surface area contributed by atoms with Gasteiger partial charge >= 0.3 is 12.0 Å². The Balaban J connectivity index is 4.79. The van der Waals surface area contributed by atoms with Gasteiger partial charge in [0.25, 0.3) is 0 Å². The molecule has 0 aromatic carbocycles. The van der Waals surface area contributed by atoms with Gasteiger partial charge in [-0.05, 0) is 26.2 Å². The normalized spacial score (nSPS) is 13.9. The molecule has 0 aromatic heterocycles. The van der Waals surface area contributed by atoms with E-state index in [1.807, 2.05) is 13.8 Å². The van der Waals surface area contributed by atoms with Crippen molar-refractivity contribution in [1.82, 2.24) is 10.2 Å². The molecule has 0 fully saturated rings. The third kappa shape index (κ3) is 5.39. The molecule has 2 N–H and O–H groups in total. The summed E-state index contributed by atoms with van der Waals surface area (Å²) in [6.45, 7) is 10.9. The van der Waals surface area contributed by atoms with Gasteiger partial charge in [-0.25, -0.2) is 9.59 Å². The van der Waals surface area contributed by atoms with Crippen LogP contribution >= 0.6 is 0 Å². The molecule has 0 spiro atoms. The maximum atomic E-state index is 12.3. The lowest BCUT2D eigenvalue weighted by Crippen LogP contribution is -2.56. The van der Waals surface area contributed by atoms with E-state index in [2.05, 4.69) is 19.2 Å². The van der Waals surface area contributed by atoms with Crippen molar-refractivity contribution in [3.63, 3.8) is 0 Å². The SMILES string of the molecule is CCCC(C)(NC(=O)N(CC)CC(CC)CC)C(=O)O. The maximum Gasteiger partial charge on any atom is 0.329 e. The number of hydrogen-bond acceptors (Lipinski definition) is 2. The van der Waals surface area contributed by atoms with Gasteiger partial charge in [0.1, 0.15) is 5.54 Å². The van der Waals surface area contributed by atoms with Crippen LogP contribution in [0.5, 0.6) is 0 Å². The molecule has 0 aliphatic carbocycles. The summed E-state index contributed by atoms with van der Waals surface area (Å²) in [6, 6.07) is -0.280. The lowest BCUT2D eigenvalue weighted by atomic mass is 9.96. The van der Waals surface area contributed by atoms with Crippen molar-refractivity contribution in [2.24, 2.45) is 5.92 Å². The van der Waals surface area contributed by atoms with Crippen LogP contribution in [0.1, 0.15) is 60.3 Å². The molecule has 0 aromatic rings. The minimum Gasteiger partial charge on any atom is -0.480 e. The number of nitrogens with zero attached hydrogens (tertiary/aromatic N) is 1. The van der Waals surface area contributed by atoms with E-state index in [9.17, 15) is 14.7 Å². The van der Waals surface area contributed by atoms with E-state index in [-0.39, 0.29) is 6.03 Å². The minimum absolute atomic E-state index is 0.280. The fourth-order valence-corrected chi connectivity index (χ4v) is 2.25. The Kier molecular flexibility index (Phi) is 8.26. The third-order valence-electron chi connectivity index (χ3n) is 3.91. The zero-order valence-corrected chi connectivity index (χ0v) is 13.5. The van der Waals surface area contributed by atoms with Crippen LogP contribution in [-0.4, -0.2) is 40.6 Å². The molecule has 0 saturated heterocycles. The van der Waals surface area contributed by atoms with Gasteiger partial charge in [0.15, 0.2) is 0 Å². The highest BCUT2D eigenvalue weighted by atomic mass is 16.4. The Morgan fingerprint density at radius 2 is 1.75 bits per heavy atom. The second kappa shape index (κ2) is 8.82. The predicted molar refractivity (Wildman–Crippen MR) is 80.8 cm³/mol. The molecule has 1 atom stereocenters. The summed E-state index contributed by atoms with van der Waals surface area (Å²) >= 11 is 0. The van der Waals surface area contributed by atoms with Crippen LogP contribution in [0.15, 0.2) is 0 Å². The average Bonchev–Trinajstić information content (AvgIpc) is 2.40. The molecule has 0 saturated carbocycles. The molecule has 0 aliphatic rings. The highest BCUT2D eigenvalue weighted by molar-refractivity contribution is 5.85. The molecular formula is C15H30N2O3. The summed E-state index contributed by atoms with van der Waals surface area (Å²) in [4.78, 5) is 25.3. The molecule has 0 heterocycles. The number of carbonyl (C=O) groups is 2. The standard InChI is InChI=1S/C15H30N2O3/c1-6-10-15(5,13(18)19)16-14(20)17(9-4)11-12(7-2)8-3/h12H,6-11H2,1-5H3,(H,16,20)(H,18,19). The van der Waals surface area contributed by atoms with Crippen LogP contribution in [0.4, 0.5) is 4.79 Å². The monoisotopic (exact) mass is 286 g/mol. The van der Waals surface area contributed by atoms with E-state index in [0.717, 1.165) is 12.8 Å². The average molecular weight is 286 g/mol. The van der Waals surface area contributed by atoms with Crippen molar-refractivity contribution in [2.75, 3.05) is 13.1 Å². The summed E-state index contributed by atoms with van der Waals surface area (Å²) in [7, 11) is 0. The van der Waals surface area contributed by atoms with Crippen LogP contribution in [0.3, 0.4) is 0 Å². The lowest BCUT2D eigenvalue weighted by Gasteiger charge is -2.31. The van der Waals surface area contributed by atoms with Crippen LogP contribution in [0.2, 0.25) is 0 Å². The van der Waals surface area contributed by atoms with E-state index < -0.39 is 11.5 Å². The Labute approximate surface area is 122 Å². The second-order valence-corrected chi connectivity index (χ2v) is 5.54. The summed E-state index contributed by atoms with van der Waals surface area (Å²) < 4.78 is 0. The molecule has 0 rings (SSSR count). The van der Waals surface area contributed by atoms with Gasteiger partial charge in [-0.2, -0.15) is 0 Å². The van der Waals surface area contributed by atoms with E-state index in [0.29, 0.717) is 31.8 Å². The van der Waals surface area contributed by atoms with Gasteiger partial charge in [0.2, 0.25) is 0 Å². The van der Waals surface area contributed by atoms with Crippen molar-refractivity contribution in [3.8, 4) is 0 Å². The minimum atomic E-state index is -1.19.